The maximum atomic E-state index is 11.0. The molecule has 0 aliphatic heterocycles. The standard InChI is InChI=1S/C7H15N3O/c1-4(2)5(3)6(11)10-7(8)9/h4-5H,1-3H3,(H4,8,9,10,11). The molecule has 0 spiro atoms. The molecule has 0 aliphatic carbocycles. The van der Waals surface area contributed by atoms with E-state index in [0.717, 1.165) is 0 Å². The van der Waals surface area contributed by atoms with Gasteiger partial charge in [0.1, 0.15) is 0 Å². The highest BCUT2D eigenvalue weighted by Crippen LogP contribution is 2.10. The molecule has 4 N–H and O–H groups in total. The Kier molecular flexibility index (Phi) is 3.57. The van der Waals surface area contributed by atoms with E-state index in [1.165, 1.54) is 0 Å². The molecular formula is C7H15N3O. The first-order valence-electron chi connectivity index (χ1n) is 3.58. The van der Waals surface area contributed by atoms with Crippen molar-refractivity contribution in [2.24, 2.45) is 28.3 Å². The van der Waals surface area contributed by atoms with Gasteiger partial charge in [-0.2, -0.15) is 4.99 Å². The number of aliphatic imine (C=N–C) groups is 1. The molecule has 0 radical (unpaired) electrons. The smallest absolute Gasteiger partial charge is 0.251 e. The molecular weight excluding hydrogens is 142 g/mol. The minimum absolute atomic E-state index is 0.114. The van der Waals surface area contributed by atoms with E-state index in [1.54, 1.807) is 6.92 Å². The van der Waals surface area contributed by atoms with E-state index in [9.17, 15) is 4.79 Å². The Morgan fingerprint density at radius 1 is 1.27 bits per heavy atom. The fourth-order valence-corrected chi connectivity index (χ4v) is 0.514. The predicted octanol–water partition coefficient (Wildman–Crippen LogP) is 0.0785. The van der Waals surface area contributed by atoms with E-state index < -0.39 is 0 Å². The normalized spacial score (nSPS) is 12.7. The van der Waals surface area contributed by atoms with Gasteiger partial charge in [0.05, 0.1) is 0 Å². The molecule has 0 aromatic carbocycles. The predicted molar refractivity (Wildman–Crippen MR) is 44.8 cm³/mol. The number of nitrogens with two attached hydrogens (primary N) is 2. The summed E-state index contributed by atoms with van der Waals surface area (Å²) in [7, 11) is 0. The molecule has 1 amide bonds. The lowest BCUT2D eigenvalue weighted by Gasteiger charge is -2.09. The van der Waals surface area contributed by atoms with Gasteiger partial charge in [0.2, 0.25) is 0 Å². The molecule has 0 heterocycles. The van der Waals surface area contributed by atoms with E-state index in [-0.39, 0.29) is 23.7 Å². The van der Waals surface area contributed by atoms with Crippen molar-refractivity contribution in [2.45, 2.75) is 20.8 Å². The third-order valence-corrected chi connectivity index (χ3v) is 1.63. The number of hydrogen-bond acceptors (Lipinski definition) is 1. The summed E-state index contributed by atoms with van der Waals surface area (Å²) in [6, 6.07) is 0. The summed E-state index contributed by atoms with van der Waals surface area (Å²) in [5.74, 6) is -0.259. The Labute approximate surface area is 66.7 Å². The molecule has 4 heteroatoms. The van der Waals surface area contributed by atoms with Crippen molar-refractivity contribution < 1.29 is 4.79 Å². The lowest BCUT2D eigenvalue weighted by molar-refractivity contribution is -0.122. The zero-order valence-corrected chi connectivity index (χ0v) is 7.16. The summed E-state index contributed by atoms with van der Waals surface area (Å²) in [4.78, 5) is 14.5. The van der Waals surface area contributed by atoms with Crippen molar-refractivity contribution in [1.29, 1.82) is 0 Å². The van der Waals surface area contributed by atoms with Gasteiger partial charge in [0.25, 0.3) is 5.91 Å². The SMILES string of the molecule is CC(C)C(C)C(=O)N=C(N)N. The molecule has 64 valence electrons. The summed E-state index contributed by atoms with van der Waals surface area (Å²) in [5, 5.41) is 0. The van der Waals surface area contributed by atoms with Gasteiger partial charge in [0.15, 0.2) is 5.96 Å². The maximum Gasteiger partial charge on any atom is 0.251 e. The Morgan fingerprint density at radius 2 is 1.73 bits per heavy atom. The summed E-state index contributed by atoms with van der Waals surface area (Å²) < 4.78 is 0. The first kappa shape index (κ1) is 9.94. The number of guanidine groups is 1. The largest absolute Gasteiger partial charge is 0.370 e. The van der Waals surface area contributed by atoms with E-state index in [1.807, 2.05) is 13.8 Å². The summed E-state index contributed by atoms with van der Waals surface area (Å²) in [5.41, 5.74) is 10.1. The van der Waals surface area contributed by atoms with Crippen LogP contribution in [0.3, 0.4) is 0 Å². The van der Waals surface area contributed by atoms with E-state index in [4.69, 9.17) is 11.5 Å². The third-order valence-electron chi connectivity index (χ3n) is 1.63. The van der Waals surface area contributed by atoms with Crippen LogP contribution in [0.5, 0.6) is 0 Å². The van der Waals surface area contributed by atoms with Crippen LogP contribution in [-0.2, 0) is 4.79 Å². The van der Waals surface area contributed by atoms with Crippen molar-refractivity contribution in [3.8, 4) is 0 Å². The van der Waals surface area contributed by atoms with Crippen molar-refractivity contribution in [3.05, 3.63) is 0 Å². The minimum Gasteiger partial charge on any atom is -0.370 e. The van der Waals surface area contributed by atoms with Crippen LogP contribution in [0.2, 0.25) is 0 Å². The van der Waals surface area contributed by atoms with Crippen LogP contribution in [0, 0.1) is 11.8 Å². The molecule has 0 rings (SSSR count). The van der Waals surface area contributed by atoms with Crippen molar-refractivity contribution >= 4 is 11.9 Å². The van der Waals surface area contributed by atoms with Crippen molar-refractivity contribution in [2.75, 3.05) is 0 Å². The van der Waals surface area contributed by atoms with Crippen LogP contribution in [0.15, 0.2) is 4.99 Å². The van der Waals surface area contributed by atoms with E-state index >= 15 is 0 Å². The summed E-state index contributed by atoms with van der Waals surface area (Å²) in [6.45, 7) is 5.70. The topological polar surface area (TPSA) is 81.5 Å². The summed E-state index contributed by atoms with van der Waals surface area (Å²) in [6.07, 6.45) is 0. The number of rotatable bonds is 2. The number of hydrogen-bond donors (Lipinski definition) is 2. The van der Waals surface area contributed by atoms with Crippen LogP contribution >= 0.6 is 0 Å². The fraction of sp³-hybridized carbons (Fsp3) is 0.714. The number of carbonyl (C=O) groups is 1. The van der Waals surface area contributed by atoms with Gasteiger partial charge in [-0.05, 0) is 5.92 Å². The molecule has 0 aliphatic rings. The molecule has 0 aromatic heterocycles. The van der Waals surface area contributed by atoms with Crippen LogP contribution in [0.4, 0.5) is 0 Å². The Morgan fingerprint density at radius 3 is 2.00 bits per heavy atom. The van der Waals surface area contributed by atoms with E-state index in [2.05, 4.69) is 4.99 Å². The first-order chi connectivity index (χ1) is 4.95. The Bertz CT molecular complexity index is 171. The molecule has 1 atom stereocenters. The maximum absolute atomic E-state index is 11.0. The minimum atomic E-state index is -0.250. The molecule has 1 unspecified atom stereocenters. The second-order valence-corrected chi connectivity index (χ2v) is 2.91. The molecule has 0 saturated carbocycles. The Balaban J connectivity index is 4.15. The van der Waals surface area contributed by atoms with Gasteiger partial charge in [-0.3, -0.25) is 4.79 Å². The third kappa shape index (κ3) is 3.60. The van der Waals surface area contributed by atoms with Gasteiger partial charge in [-0.15, -0.1) is 0 Å². The molecule has 4 nitrogen and oxygen atoms in total. The lowest BCUT2D eigenvalue weighted by atomic mass is 9.98. The highest BCUT2D eigenvalue weighted by atomic mass is 16.1. The Hall–Kier alpha value is -1.06. The molecule has 0 aromatic rings. The van der Waals surface area contributed by atoms with Crippen LogP contribution in [-0.4, -0.2) is 11.9 Å². The average Bonchev–Trinajstić information content (AvgIpc) is 1.84. The van der Waals surface area contributed by atoms with Gasteiger partial charge < -0.3 is 11.5 Å². The van der Waals surface area contributed by atoms with Gasteiger partial charge in [-0.1, -0.05) is 20.8 Å². The molecule has 0 bridgehead atoms. The molecule has 11 heavy (non-hydrogen) atoms. The zero-order chi connectivity index (χ0) is 9.02. The average molecular weight is 157 g/mol. The fourth-order valence-electron chi connectivity index (χ4n) is 0.514. The van der Waals surface area contributed by atoms with Crippen molar-refractivity contribution in [1.82, 2.24) is 0 Å². The lowest BCUT2D eigenvalue weighted by Crippen LogP contribution is -2.26. The van der Waals surface area contributed by atoms with Crippen LogP contribution in [0.1, 0.15) is 20.8 Å². The molecule has 0 saturated heterocycles. The quantitative estimate of drug-likeness (QED) is 0.440. The van der Waals surface area contributed by atoms with Crippen molar-refractivity contribution in [3.63, 3.8) is 0 Å². The van der Waals surface area contributed by atoms with Gasteiger partial charge >= 0.3 is 0 Å². The summed E-state index contributed by atoms with van der Waals surface area (Å²) >= 11 is 0. The second kappa shape index (κ2) is 3.95. The highest BCUT2D eigenvalue weighted by molar-refractivity contribution is 5.92. The number of carbonyl (C=O) groups excluding carboxylic acids is 1. The van der Waals surface area contributed by atoms with E-state index in [0.29, 0.717) is 0 Å². The van der Waals surface area contributed by atoms with Crippen LogP contribution < -0.4 is 11.5 Å². The van der Waals surface area contributed by atoms with Gasteiger partial charge in [0, 0.05) is 5.92 Å². The van der Waals surface area contributed by atoms with Crippen LogP contribution in [0.25, 0.3) is 0 Å². The zero-order valence-electron chi connectivity index (χ0n) is 7.16. The second-order valence-electron chi connectivity index (χ2n) is 2.91. The van der Waals surface area contributed by atoms with Gasteiger partial charge in [-0.25, -0.2) is 0 Å². The number of amides is 1. The highest BCUT2D eigenvalue weighted by Gasteiger charge is 2.15. The first-order valence-corrected chi connectivity index (χ1v) is 3.58. The number of nitrogens with zero attached hydrogens (tertiary/aromatic N) is 1. The monoisotopic (exact) mass is 157 g/mol. The molecule has 0 fully saturated rings.